The molecule has 1 amide bonds. The number of halogens is 4. The van der Waals surface area contributed by atoms with Gasteiger partial charge in [0.2, 0.25) is 5.91 Å². The molecule has 9 heteroatoms. The number of para-hydroxylation sites is 1. The molecule has 1 aliphatic heterocycles. The fourth-order valence-electron chi connectivity index (χ4n) is 4.66. The van der Waals surface area contributed by atoms with Crippen molar-refractivity contribution in [1.82, 2.24) is 15.2 Å². The quantitative estimate of drug-likeness (QED) is 0.396. The maximum atomic E-state index is 14.1. The van der Waals surface area contributed by atoms with Crippen molar-refractivity contribution in [2.24, 2.45) is 5.41 Å². The minimum Gasteiger partial charge on any atom is -0.491 e. The lowest BCUT2D eigenvalue weighted by molar-refractivity contribution is -0.145. The summed E-state index contributed by atoms with van der Waals surface area (Å²) in [5, 5.41) is 3.26. The number of piperidine rings is 1. The van der Waals surface area contributed by atoms with Crippen molar-refractivity contribution in [3.63, 3.8) is 0 Å². The highest BCUT2D eigenvalue weighted by molar-refractivity contribution is 5.83. The predicted octanol–water partition coefficient (Wildman–Crippen LogP) is 5.63. The average molecular weight is 516 g/mol. The number of benzene rings is 2. The number of carbonyl (C=O) groups is 1. The molecule has 1 saturated heterocycles. The van der Waals surface area contributed by atoms with Gasteiger partial charge >= 0.3 is 6.18 Å². The normalized spacial score (nSPS) is 16.1. The van der Waals surface area contributed by atoms with Crippen LogP contribution in [0.25, 0.3) is 0 Å². The van der Waals surface area contributed by atoms with Crippen molar-refractivity contribution in [3.8, 4) is 5.75 Å². The number of rotatable bonds is 8. The molecule has 0 saturated carbocycles. The van der Waals surface area contributed by atoms with E-state index < -0.39 is 29.0 Å². The third-order valence-electron chi connectivity index (χ3n) is 6.73. The SMILES string of the molecule is CC1(C(=O)N(CCOc2ccccc2C(F)(F)F)C(c2ccc(F)cc2)c2ccccn2)CCNCC1. The van der Waals surface area contributed by atoms with E-state index >= 15 is 0 Å². The zero-order chi connectivity index (χ0) is 26.5. The molecular formula is C28H29F4N3O2. The predicted molar refractivity (Wildman–Crippen MR) is 131 cm³/mol. The Hall–Kier alpha value is -3.46. The molecule has 3 aromatic rings. The first kappa shape index (κ1) is 26.6. The van der Waals surface area contributed by atoms with Gasteiger partial charge < -0.3 is 15.0 Å². The number of hydrogen-bond acceptors (Lipinski definition) is 4. The molecule has 5 nitrogen and oxygen atoms in total. The van der Waals surface area contributed by atoms with Gasteiger partial charge in [-0.1, -0.05) is 37.3 Å². The molecule has 1 aromatic heterocycles. The van der Waals surface area contributed by atoms with Crippen LogP contribution in [0.3, 0.4) is 0 Å². The molecule has 0 aliphatic carbocycles. The number of nitrogens with zero attached hydrogens (tertiary/aromatic N) is 2. The van der Waals surface area contributed by atoms with E-state index in [2.05, 4.69) is 10.3 Å². The van der Waals surface area contributed by atoms with Crippen molar-refractivity contribution >= 4 is 5.91 Å². The lowest BCUT2D eigenvalue weighted by atomic mass is 9.79. The highest BCUT2D eigenvalue weighted by atomic mass is 19.4. The Morgan fingerprint density at radius 2 is 1.73 bits per heavy atom. The van der Waals surface area contributed by atoms with Gasteiger partial charge in [0, 0.05) is 11.6 Å². The van der Waals surface area contributed by atoms with Crippen LogP contribution in [0, 0.1) is 11.2 Å². The average Bonchev–Trinajstić information content (AvgIpc) is 2.89. The highest BCUT2D eigenvalue weighted by Crippen LogP contribution is 2.38. The summed E-state index contributed by atoms with van der Waals surface area (Å²) < 4.78 is 59.8. The molecular weight excluding hydrogens is 486 g/mol. The van der Waals surface area contributed by atoms with Crippen LogP contribution in [0.15, 0.2) is 72.9 Å². The van der Waals surface area contributed by atoms with E-state index in [1.807, 2.05) is 6.92 Å². The van der Waals surface area contributed by atoms with E-state index in [9.17, 15) is 22.4 Å². The number of hydrogen-bond donors (Lipinski definition) is 1. The van der Waals surface area contributed by atoms with E-state index in [4.69, 9.17) is 4.74 Å². The first-order chi connectivity index (χ1) is 17.7. The van der Waals surface area contributed by atoms with Crippen molar-refractivity contribution in [2.75, 3.05) is 26.2 Å². The molecule has 1 atom stereocenters. The second kappa shape index (κ2) is 11.3. The number of carbonyl (C=O) groups excluding carboxylic acids is 1. The fraction of sp³-hybridized carbons (Fsp3) is 0.357. The molecule has 4 rings (SSSR count). The largest absolute Gasteiger partial charge is 0.491 e. The molecule has 0 radical (unpaired) electrons. The van der Waals surface area contributed by atoms with Gasteiger partial charge in [-0.3, -0.25) is 9.78 Å². The van der Waals surface area contributed by atoms with Gasteiger partial charge in [0.25, 0.3) is 0 Å². The third kappa shape index (κ3) is 6.28. The lowest BCUT2D eigenvalue weighted by Crippen LogP contribution is -2.50. The van der Waals surface area contributed by atoms with Crippen LogP contribution >= 0.6 is 0 Å². The Morgan fingerprint density at radius 3 is 2.38 bits per heavy atom. The second-order valence-corrected chi connectivity index (χ2v) is 9.36. The van der Waals surface area contributed by atoms with Crippen molar-refractivity contribution < 1.29 is 27.1 Å². The monoisotopic (exact) mass is 515 g/mol. The topological polar surface area (TPSA) is 54.5 Å². The minimum atomic E-state index is -4.57. The summed E-state index contributed by atoms with van der Waals surface area (Å²) in [5.41, 5.74) is -0.349. The highest BCUT2D eigenvalue weighted by Gasteiger charge is 2.41. The lowest BCUT2D eigenvalue weighted by Gasteiger charge is -2.41. The molecule has 0 bridgehead atoms. The Labute approximate surface area is 213 Å². The summed E-state index contributed by atoms with van der Waals surface area (Å²) in [6, 6.07) is 15.5. The Bertz CT molecular complexity index is 1180. The van der Waals surface area contributed by atoms with Gasteiger partial charge in [-0.15, -0.1) is 0 Å². The molecule has 1 aliphatic rings. The molecule has 1 unspecified atom stereocenters. The van der Waals surface area contributed by atoms with E-state index in [0.29, 0.717) is 37.2 Å². The molecule has 1 fully saturated rings. The van der Waals surface area contributed by atoms with E-state index in [1.165, 1.54) is 30.3 Å². The van der Waals surface area contributed by atoms with E-state index in [1.54, 1.807) is 41.4 Å². The second-order valence-electron chi connectivity index (χ2n) is 9.36. The van der Waals surface area contributed by atoms with Gasteiger partial charge in [-0.05, 0) is 67.9 Å². The number of ether oxygens (including phenoxy) is 1. The van der Waals surface area contributed by atoms with Crippen molar-refractivity contribution in [3.05, 3.63) is 95.6 Å². The minimum absolute atomic E-state index is 0.00661. The van der Waals surface area contributed by atoms with Crippen LogP contribution in [-0.4, -0.2) is 42.0 Å². The summed E-state index contributed by atoms with van der Waals surface area (Å²) in [7, 11) is 0. The van der Waals surface area contributed by atoms with Crippen molar-refractivity contribution in [1.29, 1.82) is 0 Å². The van der Waals surface area contributed by atoms with Gasteiger partial charge in [-0.2, -0.15) is 13.2 Å². The fourth-order valence-corrected chi connectivity index (χ4v) is 4.66. The van der Waals surface area contributed by atoms with Crippen LogP contribution in [0.5, 0.6) is 5.75 Å². The van der Waals surface area contributed by atoms with E-state index in [0.717, 1.165) is 6.07 Å². The van der Waals surface area contributed by atoms with Gasteiger partial charge in [0.05, 0.1) is 23.8 Å². The summed E-state index contributed by atoms with van der Waals surface area (Å²) in [5.74, 6) is -0.868. The third-order valence-corrected chi connectivity index (χ3v) is 6.73. The number of pyridine rings is 1. The number of alkyl halides is 3. The smallest absolute Gasteiger partial charge is 0.419 e. The zero-order valence-electron chi connectivity index (χ0n) is 20.5. The zero-order valence-corrected chi connectivity index (χ0v) is 20.5. The Kier molecular flexibility index (Phi) is 8.12. The molecule has 196 valence electrons. The molecule has 1 N–H and O–H groups in total. The maximum Gasteiger partial charge on any atom is 0.419 e. The van der Waals surface area contributed by atoms with E-state index in [-0.39, 0.29) is 24.8 Å². The number of amides is 1. The number of nitrogens with one attached hydrogen (secondary N) is 1. The first-order valence-corrected chi connectivity index (χ1v) is 12.2. The first-order valence-electron chi connectivity index (χ1n) is 12.2. The van der Waals surface area contributed by atoms with Crippen LogP contribution in [0.4, 0.5) is 17.6 Å². The summed E-state index contributed by atoms with van der Waals surface area (Å²) >= 11 is 0. The number of aromatic nitrogens is 1. The maximum absolute atomic E-state index is 14.1. The Balaban J connectivity index is 1.69. The standard InChI is InChI=1S/C28H29F4N3O2/c1-27(13-16-33-17-14-27)26(36)35(18-19-37-24-8-3-2-6-22(24)28(30,31)32)25(23-7-4-5-15-34-23)20-9-11-21(29)12-10-20/h2-12,15,25,33H,13-14,16-19H2,1H3. The van der Waals surface area contributed by atoms with Crippen LogP contribution < -0.4 is 10.1 Å². The van der Waals surface area contributed by atoms with Crippen molar-refractivity contribution in [2.45, 2.75) is 32.0 Å². The summed E-state index contributed by atoms with van der Waals surface area (Å²) in [6.45, 7) is 3.10. The van der Waals surface area contributed by atoms with Gasteiger partial charge in [-0.25, -0.2) is 4.39 Å². The van der Waals surface area contributed by atoms with Crippen LogP contribution in [-0.2, 0) is 11.0 Å². The van der Waals surface area contributed by atoms with Crippen LogP contribution in [0.2, 0.25) is 0 Å². The summed E-state index contributed by atoms with van der Waals surface area (Å²) in [4.78, 5) is 20.2. The summed E-state index contributed by atoms with van der Waals surface area (Å²) in [6.07, 6.45) is -1.74. The molecule has 0 spiro atoms. The van der Waals surface area contributed by atoms with Crippen LogP contribution in [0.1, 0.15) is 42.6 Å². The van der Waals surface area contributed by atoms with Gasteiger partial charge in [0.15, 0.2) is 0 Å². The molecule has 2 aromatic carbocycles. The molecule has 37 heavy (non-hydrogen) atoms. The molecule has 2 heterocycles. The Morgan fingerprint density at radius 1 is 1.05 bits per heavy atom. The van der Waals surface area contributed by atoms with Gasteiger partial charge in [0.1, 0.15) is 18.2 Å².